The third kappa shape index (κ3) is 11.2. The lowest BCUT2D eigenvalue weighted by molar-refractivity contribution is 0.105. The van der Waals surface area contributed by atoms with E-state index in [0.29, 0.717) is 38.2 Å². The van der Waals surface area contributed by atoms with Crippen molar-refractivity contribution in [3.05, 3.63) is 24.2 Å². The SMILES string of the molecule is CCOC(=O)NC(CNC(=NC)NCCCOCc1ccco1)CC(C)C. The van der Waals surface area contributed by atoms with Crippen molar-refractivity contribution in [1.29, 1.82) is 0 Å². The minimum atomic E-state index is -0.387. The molecule has 1 amide bonds. The maximum Gasteiger partial charge on any atom is 0.407 e. The van der Waals surface area contributed by atoms with E-state index in [2.05, 4.69) is 34.8 Å². The highest BCUT2D eigenvalue weighted by Crippen LogP contribution is 2.04. The second-order valence-corrected chi connectivity index (χ2v) is 6.56. The van der Waals surface area contributed by atoms with Crippen LogP contribution >= 0.6 is 0 Å². The van der Waals surface area contributed by atoms with Gasteiger partial charge < -0.3 is 29.8 Å². The number of hydrogen-bond donors (Lipinski definition) is 3. The zero-order valence-electron chi connectivity index (χ0n) is 16.9. The Morgan fingerprint density at radius 3 is 2.78 bits per heavy atom. The van der Waals surface area contributed by atoms with Gasteiger partial charge in [-0.1, -0.05) is 13.8 Å². The van der Waals surface area contributed by atoms with E-state index in [9.17, 15) is 4.79 Å². The molecular formula is C19H34N4O4. The van der Waals surface area contributed by atoms with Crippen LogP contribution in [0.5, 0.6) is 0 Å². The predicted octanol–water partition coefficient (Wildman–Crippen LogP) is 2.51. The van der Waals surface area contributed by atoms with E-state index < -0.39 is 0 Å². The van der Waals surface area contributed by atoms with Crippen molar-refractivity contribution in [2.45, 2.75) is 46.3 Å². The van der Waals surface area contributed by atoms with E-state index in [1.54, 1.807) is 20.2 Å². The number of carbonyl (C=O) groups excluding carboxylic acids is 1. The second kappa shape index (κ2) is 13.9. The first kappa shape index (κ1) is 22.8. The Morgan fingerprint density at radius 1 is 1.33 bits per heavy atom. The number of nitrogens with zero attached hydrogens (tertiary/aromatic N) is 1. The van der Waals surface area contributed by atoms with Crippen molar-refractivity contribution in [2.24, 2.45) is 10.9 Å². The van der Waals surface area contributed by atoms with Crippen molar-refractivity contribution in [3.8, 4) is 0 Å². The zero-order valence-corrected chi connectivity index (χ0v) is 16.9. The van der Waals surface area contributed by atoms with E-state index in [-0.39, 0.29) is 12.1 Å². The number of rotatable bonds is 12. The molecule has 8 nitrogen and oxygen atoms in total. The first-order valence-corrected chi connectivity index (χ1v) is 9.53. The molecule has 8 heteroatoms. The van der Waals surface area contributed by atoms with Crippen LogP contribution < -0.4 is 16.0 Å². The van der Waals surface area contributed by atoms with Crippen LogP contribution in [0.2, 0.25) is 0 Å². The van der Waals surface area contributed by atoms with Crippen LogP contribution in [-0.4, -0.2) is 51.4 Å². The van der Waals surface area contributed by atoms with Gasteiger partial charge in [-0.25, -0.2) is 4.79 Å². The molecule has 1 unspecified atom stereocenters. The molecule has 0 aliphatic heterocycles. The van der Waals surface area contributed by atoms with Gasteiger partial charge in [-0.2, -0.15) is 0 Å². The Morgan fingerprint density at radius 2 is 2.15 bits per heavy atom. The number of guanidine groups is 1. The Hall–Kier alpha value is -2.22. The van der Waals surface area contributed by atoms with E-state index in [0.717, 1.165) is 25.1 Å². The van der Waals surface area contributed by atoms with Gasteiger partial charge in [0.1, 0.15) is 12.4 Å². The highest BCUT2D eigenvalue weighted by molar-refractivity contribution is 5.79. The normalized spacial score (nSPS) is 12.7. The summed E-state index contributed by atoms with van der Waals surface area (Å²) in [7, 11) is 1.72. The quantitative estimate of drug-likeness (QED) is 0.292. The topological polar surface area (TPSA) is 97.1 Å². The summed E-state index contributed by atoms with van der Waals surface area (Å²) in [6.07, 6.45) is 2.95. The summed E-state index contributed by atoms with van der Waals surface area (Å²) >= 11 is 0. The highest BCUT2D eigenvalue weighted by atomic mass is 16.5. The second-order valence-electron chi connectivity index (χ2n) is 6.56. The van der Waals surface area contributed by atoms with E-state index >= 15 is 0 Å². The molecule has 0 saturated heterocycles. The molecular weight excluding hydrogens is 348 g/mol. The van der Waals surface area contributed by atoms with Crippen LogP contribution in [0.1, 0.15) is 39.4 Å². The number of ether oxygens (including phenoxy) is 2. The van der Waals surface area contributed by atoms with Crippen molar-refractivity contribution in [2.75, 3.05) is 33.4 Å². The largest absolute Gasteiger partial charge is 0.467 e. The summed E-state index contributed by atoms with van der Waals surface area (Å²) in [5.41, 5.74) is 0. The summed E-state index contributed by atoms with van der Waals surface area (Å²) in [6.45, 7) is 8.81. The lowest BCUT2D eigenvalue weighted by Gasteiger charge is -2.22. The van der Waals surface area contributed by atoms with E-state index in [1.165, 1.54) is 0 Å². The van der Waals surface area contributed by atoms with Crippen LogP contribution in [0.15, 0.2) is 27.8 Å². The zero-order chi connectivity index (χ0) is 19.9. The van der Waals surface area contributed by atoms with E-state index in [4.69, 9.17) is 13.9 Å². The molecule has 1 atom stereocenters. The molecule has 1 aromatic heterocycles. The fourth-order valence-electron chi connectivity index (χ4n) is 2.49. The summed E-state index contributed by atoms with van der Waals surface area (Å²) in [5, 5.41) is 9.38. The summed E-state index contributed by atoms with van der Waals surface area (Å²) in [6, 6.07) is 3.71. The third-order valence-corrected chi connectivity index (χ3v) is 3.68. The standard InChI is InChI=1S/C19H34N4O4/c1-5-26-19(24)23-16(12-15(2)3)13-22-18(20-4)21-9-7-10-25-14-17-8-6-11-27-17/h6,8,11,15-16H,5,7,9-10,12-14H2,1-4H3,(H,23,24)(H2,20,21,22). The molecule has 154 valence electrons. The first-order valence-electron chi connectivity index (χ1n) is 9.53. The summed E-state index contributed by atoms with van der Waals surface area (Å²) < 4.78 is 15.7. The minimum Gasteiger partial charge on any atom is -0.467 e. The molecule has 27 heavy (non-hydrogen) atoms. The van der Waals surface area contributed by atoms with Crippen LogP contribution in [0.3, 0.4) is 0 Å². The molecule has 0 saturated carbocycles. The fourth-order valence-corrected chi connectivity index (χ4v) is 2.49. The van der Waals surface area contributed by atoms with Gasteiger partial charge in [-0.3, -0.25) is 4.99 Å². The fraction of sp³-hybridized carbons (Fsp3) is 0.684. The highest BCUT2D eigenvalue weighted by Gasteiger charge is 2.15. The van der Waals surface area contributed by atoms with Crippen molar-refractivity contribution in [3.63, 3.8) is 0 Å². The molecule has 1 aromatic rings. The summed E-state index contributed by atoms with van der Waals surface area (Å²) in [5.74, 6) is 1.98. The molecule has 0 aliphatic carbocycles. The number of hydrogen-bond acceptors (Lipinski definition) is 5. The Labute approximate surface area is 162 Å². The van der Waals surface area contributed by atoms with Crippen LogP contribution in [0, 0.1) is 5.92 Å². The number of amides is 1. The number of furan rings is 1. The molecule has 0 aliphatic rings. The number of aliphatic imine (C=N–C) groups is 1. The minimum absolute atomic E-state index is 0.0285. The van der Waals surface area contributed by atoms with Gasteiger partial charge in [-0.15, -0.1) is 0 Å². The maximum atomic E-state index is 11.7. The molecule has 0 aromatic carbocycles. The number of nitrogens with one attached hydrogen (secondary N) is 3. The Kier molecular flexibility index (Phi) is 11.8. The van der Waals surface area contributed by atoms with Gasteiger partial charge in [0.05, 0.1) is 12.9 Å². The van der Waals surface area contributed by atoms with Gasteiger partial charge >= 0.3 is 6.09 Å². The van der Waals surface area contributed by atoms with Gasteiger partial charge in [0, 0.05) is 32.8 Å². The number of alkyl carbamates (subject to hydrolysis) is 1. The van der Waals surface area contributed by atoms with Crippen molar-refractivity contribution < 1.29 is 18.7 Å². The van der Waals surface area contributed by atoms with Gasteiger partial charge in [0.2, 0.25) is 0 Å². The van der Waals surface area contributed by atoms with Crippen molar-refractivity contribution >= 4 is 12.1 Å². The maximum absolute atomic E-state index is 11.7. The molecule has 1 rings (SSSR count). The van der Waals surface area contributed by atoms with Gasteiger partial charge in [0.25, 0.3) is 0 Å². The van der Waals surface area contributed by atoms with Gasteiger partial charge in [-0.05, 0) is 37.8 Å². The first-order chi connectivity index (χ1) is 13.0. The number of carbonyl (C=O) groups is 1. The van der Waals surface area contributed by atoms with Crippen molar-refractivity contribution in [1.82, 2.24) is 16.0 Å². The average Bonchev–Trinajstić information content (AvgIpc) is 3.13. The lowest BCUT2D eigenvalue weighted by Crippen LogP contribution is -2.47. The molecule has 3 N–H and O–H groups in total. The van der Waals surface area contributed by atoms with Crippen LogP contribution in [0.25, 0.3) is 0 Å². The Bertz CT molecular complexity index is 532. The predicted molar refractivity (Wildman–Crippen MR) is 106 cm³/mol. The molecule has 1 heterocycles. The lowest BCUT2D eigenvalue weighted by atomic mass is 10.0. The van der Waals surface area contributed by atoms with Crippen LogP contribution in [0.4, 0.5) is 4.79 Å². The van der Waals surface area contributed by atoms with Crippen LogP contribution in [-0.2, 0) is 16.1 Å². The third-order valence-electron chi connectivity index (χ3n) is 3.68. The average molecular weight is 383 g/mol. The Balaban J connectivity index is 2.23. The molecule has 0 bridgehead atoms. The van der Waals surface area contributed by atoms with E-state index in [1.807, 2.05) is 12.1 Å². The van der Waals surface area contributed by atoms with Gasteiger partial charge in [0.15, 0.2) is 5.96 Å². The molecule has 0 radical (unpaired) electrons. The molecule has 0 fully saturated rings. The molecule has 0 spiro atoms. The monoisotopic (exact) mass is 382 g/mol. The smallest absolute Gasteiger partial charge is 0.407 e. The summed E-state index contributed by atoms with van der Waals surface area (Å²) in [4.78, 5) is 15.9.